The molecule has 2 aliphatic rings. The molecule has 0 amide bonds. The topological polar surface area (TPSA) is 53.1 Å². The maximum atomic E-state index is 11.9. The Morgan fingerprint density at radius 3 is 2.62 bits per heavy atom. The highest BCUT2D eigenvalue weighted by Gasteiger charge is 2.26. The molecule has 0 saturated carbocycles. The molecule has 0 aliphatic carbocycles. The number of hydrogen-bond donors (Lipinski definition) is 2. The molecule has 1 aromatic heterocycles. The van der Waals surface area contributed by atoms with Gasteiger partial charge in [0.05, 0.1) is 11.0 Å². The number of nitrogens with zero attached hydrogens (tertiary/aromatic N) is 2. The van der Waals surface area contributed by atoms with E-state index in [1.165, 1.54) is 57.4 Å². The lowest BCUT2D eigenvalue weighted by molar-refractivity contribution is 0.111. The molecule has 3 heterocycles. The zero-order chi connectivity index (χ0) is 16.5. The van der Waals surface area contributed by atoms with Crippen LogP contribution in [0.3, 0.4) is 0 Å². The van der Waals surface area contributed by atoms with Crippen molar-refractivity contribution < 1.29 is 0 Å². The van der Waals surface area contributed by atoms with Gasteiger partial charge >= 0.3 is 5.69 Å². The number of aryl methyl sites for hydroxylation is 1. The summed E-state index contributed by atoms with van der Waals surface area (Å²) >= 11 is 0. The van der Waals surface area contributed by atoms with E-state index < -0.39 is 0 Å². The molecule has 0 unspecified atom stereocenters. The van der Waals surface area contributed by atoms with Crippen LogP contribution in [0.25, 0.3) is 11.0 Å². The summed E-state index contributed by atoms with van der Waals surface area (Å²) in [5.41, 5.74) is 3.35. The predicted molar refractivity (Wildman–Crippen MR) is 97.4 cm³/mol. The Balaban J connectivity index is 1.43. The average Bonchev–Trinajstić information content (AvgIpc) is 2.92. The van der Waals surface area contributed by atoms with Crippen molar-refractivity contribution in [2.45, 2.75) is 38.1 Å². The van der Waals surface area contributed by atoms with Gasteiger partial charge in [0.15, 0.2) is 0 Å². The van der Waals surface area contributed by atoms with Crippen molar-refractivity contribution in [3.05, 3.63) is 34.2 Å². The van der Waals surface area contributed by atoms with Crippen LogP contribution < -0.4 is 11.0 Å². The number of H-pyrrole nitrogens is 1. The molecular formula is C19H28N4O. The Kier molecular flexibility index (Phi) is 4.46. The monoisotopic (exact) mass is 328 g/mol. The summed E-state index contributed by atoms with van der Waals surface area (Å²) in [4.78, 5) is 17.6. The summed E-state index contributed by atoms with van der Waals surface area (Å²) in [6.45, 7) is 4.82. The van der Waals surface area contributed by atoms with Gasteiger partial charge in [-0.3, -0.25) is 4.57 Å². The van der Waals surface area contributed by atoms with Crippen molar-refractivity contribution in [1.29, 1.82) is 0 Å². The van der Waals surface area contributed by atoms with Crippen LogP contribution in [0.1, 0.15) is 31.2 Å². The van der Waals surface area contributed by atoms with E-state index in [1.54, 1.807) is 4.57 Å². The van der Waals surface area contributed by atoms with Gasteiger partial charge in [-0.1, -0.05) is 12.1 Å². The van der Waals surface area contributed by atoms with Gasteiger partial charge in [0.25, 0.3) is 0 Å². The summed E-state index contributed by atoms with van der Waals surface area (Å²) in [7, 11) is 1.87. The lowest BCUT2D eigenvalue weighted by Gasteiger charge is -2.39. The lowest BCUT2D eigenvalue weighted by Crippen LogP contribution is -2.46. The minimum absolute atomic E-state index is 0.0156. The first-order valence-corrected chi connectivity index (χ1v) is 9.34. The molecule has 4 rings (SSSR count). The fourth-order valence-electron chi connectivity index (χ4n) is 4.56. The summed E-state index contributed by atoms with van der Waals surface area (Å²) in [5, 5.41) is 3.46. The first-order chi connectivity index (χ1) is 11.7. The highest BCUT2D eigenvalue weighted by atomic mass is 16.1. The first kappa shape index (κ1) is 15.9. The molecule has 2 saturated heterocycles. The second-order valence-corrected chi connectivity index (χ2v) is 7.47. The summed E-state index contributed by atoms with van der Waals surface area (Å²) in [6, 6.07) is 7.05. The first-order valence-electron chi connectivity index (χ1n) is 9.34. The largest absolute Gasteiger partial charge is 0.326 e. The molecule has 1 aromatic carbocycles. The normalized spacial score (nSPS) is 21.5. The molecule has 0 atom stereocenters. The number of likely N-dealkylation sites (tertiary alicyclic amines) is 1. The number of piperidine rings is 2. The average molecular weight is 328 g/mol. The zero-order valence-electron chi connectivity index (χ0n) is 14.6. The van der Waals surface area contributed by atoms with Gasteiger partial charge in [0.1, 0.15) is 0 Å². The van der Waals surface area contributed by atoms with E-state index >= 15 is 0 Å². The maximum absolute atomic E-state index is 11.9. The van der Waals surface area contributed by atoms with Crippen molar-refractivity contribution in [2.24, 2.45) is 13.0 Å². The van der Waals surface area contributed by atoms with E-state index in [1.807, 2.05) is 13.1 Å². The second-order valence-electron chi connectivity index (χ2n) is 7.47. The minimum Gasteiger partial charge on any atom is -0.317 e. The third kappa shape index (κ3) is 3.03. The standard InChI is InChI=1S/C19H28N4O/c1-22-18-15(3-2-4-17(18)21-19(22)24)13-14-7-11-23(12-8-14)16-5-9-20-10-6-16/h2-4,14,16,20H,5-13H2,1H3,(H,21,24). The number of hydrogen-bond acceptors (Lipinski definition) is 3. The summed E-state index contributed by atoms with van der Waals surface area (Å²) < 4.78 is 1.76. The molecule has 2 aromatic rings. The van der Waals surface area contributed by atoms with Crippen molar-refractivity contribution >= 4 is 11.0 Å². The smallest absolute Gasteiger partial charge is 0.317 e. The van der Waals surface area contributed by atoms with E-state index in [9.17, 15) is 4.79 Å². The number of fused-ring (bicyclic) bond motifs is 1. The maximum Gasteiger partial charge on any atom is 0.326 e. The van der Waals surface area contributed by atoms with E-state index in [2.05, 4.69) is 27.3 Å². The van der Waals surface area contributed by atoms with Crippen LogP contribution in [-0.2, 0) is 13.5 Å². The number of aromatic amines is 1. The number of nitrogens with one attached hydrogen (secondary N) is 2. The number of benzene rings is 1. The Morgan fingerprint density at radius 1 is 1.12 bits per heavy atom. The zero-order valence-corrected chi connectivity index (χ0v) is 14.6. The predicted octanol–water partition coefficient (Wildman–Crippen LogP) is 1.87. The lowest BCUT2D eigenvalue weighted by atomic mass is 9.88. The van der Waals surface area contributed by atoms with Crippen LogP contribution in [0.2, 0.25) is 0 Å². The Hall–Kier alpha value is -1.59. The molecule has 24 heavy (non-hydrogen) atoms. The molecule has 5 heteroatoms. The van der Waals surface area contributed by atoms with Crippen molar-refractivity contribution in [3.63, 3.8) is 0 Å². The molecular weight excluding hydrogens is 300 g/mol. The van der Waals surface area contributed by atoms with E-state index in [4.69, 9.17) is 0 Å². The van der Waals surface area contributed by atoms with Crippen LogP contribution >= 0.6 is 0 Å². The van der Waals surface area contributed by atoms with Crippen LogP contribution in [0.4, 0.5) is 0 Å². The fraction of sp³-hybridized carbons (Fsp3) is 0.632. The quantitative estimate of drug-likeness (QED) is 0.904. The van der Waals surface area contributed by atoms with E-state index in [0.29, 0.717) is 0 Å². The number of para-hydroxylation sites is 1. The number of rotatable bonds is 3. The van der Waals surface area contributed by atoms with Gasteiger partial charge in [-0.05, 0) is 75.8 Å². The van der Waals surface area contributed by atoms with Gasteiger partial charge in [-0.2, -0.15) is 0 Å². The molecule has 0 radical (unpaired) electrons. The van der Waals surface area contributed by atoms with Gasteiger partial charge in [-0.25, -0.2) is 4.79 Å². The van der Waals surface area contributed by atoms with Gasteiger partial charge in [-0.15, -0.1) is 0 Å². The molecule has 130 valence electrons. The van der Waals surface area contributed by atoms with E-state index in [0.717, 1.165) is 29.4 Å². The molecule has 5 nitrogen and oxygen atoms in total. The highest BCUT2D eigenvalue weighted by Crippen LogP contribution is 2.27. The summed E-state index contributed by atoms with van der Waals surface area (Å²) in [6.07, 6.45) is 6.24. The Morgan fingerprint density at radius 2 is 1.88 bits per heavy atom. The fourth-order valence-corrected chi connectivity index (χ4v) is 4.56. The SMILES string of the molecule is Cn1c(=O)[nH]c2cccc(CC3CCN(C4CCNCC4)CC3)c21. The van der Waals surface area contributed by atoms with Crippen LogP contribution in [0, 0.1) is 5.92 Å². The molecule has 2 aliphatic heterocycles. The third-order valence-electron chi connectivity index (χ3n) is 5.98. The van der Waals surface area contributed by atoms with Crippen molar-refractivity contribution in [3.8, 4) is 0 Å². The molecule has 2 N–H and O–H groups in total. The number of imidazole rings is 1. The summed E-state index contributed by atoms with van der Waals surface area (Å²) in [5.74, 6) is 0.735. The van der Waals surface area contributed by atoms with Gasteiger partial charge < -0.3 is 15.2 Å². The Labute approximate surface area is 143 Å². The van der Waals surface area contributed by atoms with Gasteiger partial charge in [0, 0.05) is 13.1 Å². The minimum atomic E-state index is -0.0156. The number of aromatic nitrogens is 2. The van der Waals surface area contributed by atoms with Crippen LogP contribution in [0.5, 0.6) is 0 Å². The highest BCUT2D eigenvalue weighted by molar-refractivity contribution is 5.78. The van der Waals surface area contributed by atoms with Crippen molar-refractivity contribution in [1.82, 2.24) is 19.8 Å². The second kappa shape index (κ2) is 6.73. The van der Waals surface area contributed by atoms with E-state index in [-0.39, 0.29) is 5.69 Å². The third-order valence-corrected chi connectivity index (χ3v) is 5.98. The Bertz CT molecular complexity index is 748. The van der Waals surface area contributed by atoms with Crippen LogP contribution in [0.15, 0.2) is 23.0 Å². The molecule has 0 spiro atoms. The molecule has 2 fully saturated rings. The van der Waals surface area contributed by atoms with Crippen LogP contribution in [-0.4, -0.2) is 46.7 Å². The van der Waals surface area contributed by atoms with Gasteiger partial charge in [0.2, 0.25) is 0 Å². The molecule has 0 bridgehead atoms. The van der Waals surface area contributed by atoms with Crippen molar-refractivity contribution in [2.75, 3.05) is 26.2 Å².